The number of hydrogen-bond acceptors (Lipinski definition) is 3. The van der Waals surface area contributed by atoms with Crippen LogP contribution in [-0.4, -0.2) is 28.5 Å². The Morgan fingerprint density at radius 2 is 1.77 bits per heavy atom. The van der Waals surface area contributed by atoms with Crippen LogP contribution in [0.3, 0.4) is 0 Å². The number of carbonyl (C=O) groups excluding carboxylic acids is 3. The van der Waals surface area contributed by atoms with Crippen molar-refractivity contribution in [2.24, 2.45) is 40.2 Å². The number of hydrogen-bond donors (Lipinski definition) is 1. The van der Waals surface area contributed by atoms with Crippen molar-refractivity contribution in [1.29, 1.82) is 0 Å². The van der Waals surface area contributed by atoms with Crippen LogP contribution in [0.15, 0.2) is 11.3 Å². The van der Waals surface area contributed by atoms with Crippen LogP contribution in [0.5, 0.6) is 0 Å². The summed E-state index contributed by atoms with van der Waals surface area (Å²) < 4.78 is 0. The van der Waals surface area contributed by atoms with Crippen molar-refractivity contribution in [3.05, 3.63) is 11.3 Å². The van der Waals surface area contributed by atoms with E-state index in [1.54, 1.807) is 4.90 Å². The summed E-state index contributed by atoms with van der Waals surface area (Å²) in [5.74, 6) is 1.64. The fraction of sp³-hybridized carbons (Fsp3) is 0.800. The molecule has 5 heteroatoms. The molecular weight excluding hydrogens is 376 g/mol. The molecule has 0 aliphatic heterocycles. The van der Waals surface area contributed by atoms with Crippen LogP contribution in [0.4, 0.5) is 0 Å². The lowest BCUT2D eigenvalue weighted by atomic mass is 9.46. The average Bonchev–Trinajstić information content (AvgIpc) is 3.01. The lowest BCUT2D eigenvalue weighted by Crippen LogP contribution is -2.53. The molecule has 6 atom stereocenters. The second-order valence-corrected chi connectivity index (χ2v) is 11.8. The van der Waals surface area contributed by atoms with Crippen LogP contribution in [0.25, 0.3) is 0 Å². The van der Waals surface area contributed by atoms with Crippen molar-refractivity contribution in [2.45, 2.75) is 91.5 Å². The quantitative estimate of drug-likeness (QED) is 0.703. The molecule has 30 heavy (non-hydrogen) atoms. The lowest BCUT2D eigenvalue weighted by molar-refractivity contribution is -0.131. The maximum atomic E-state index is 13.0. The molecule has 0 spiro atoms. The number of allylic oxidation sites excluding steroid dienone is 1. The van der Waals surface area contributed by atoms with E-state index >= 15 is 0 Å². The molecular formula is C25H38N2O3. The third-order valence-corrected chi connectivity index (χ3v) is 9.51. The Hall–Kier alpha value is -1.65. The summed E-state index contributed by atoms with van der Waals surface area (Å²) in [6.45, 7) is 10.6. The minimum Gasteiger partial charge on any atom is -0.369 e. The predicted octanol–water partition coefficient (Wildman–Crippen LogP) is 4.20. The average molecular weight is 415 g/mol. The fourth-order valence-electron chi connectivity index (χ4n) is 7.98. The van der Waals surface area contributed by atoms with Gasteiger partial charge in [0, 0.05) is 17.9 Å². The van der Waals surface area contributed by atoms with Crippen LogP contribution in [0, 0.1) is 34.5 Å². The van der Waals surface area contributed by atoms with Gasteiger partial charge >= 0.3 is 0 Å². The van der Waals surface area contributed by atoms with Gasteiger partial charge in [0.25, 0.3) is 0 Å². The van der Waals surface area contributed by atoms with Gasteiger partial charge in [-0.2, -0.15) is 0 Å². The lowest BCUT2D eigenvalue weighted by Gasteiger charge is -2.58. The minimum atomic E-state index is -0.417. The summed E-state index contributed by atoms with van der Waals surface area (Å²) in [7, 11) is 0. The van der Waals surface area contributed by atoms with E-state index in [1.807, 2.05) is 20.8 Å². The van der Waals surface area contributed by atoms with E-state index in [0.29, 0.717) is 29.9 Å². The van der Waals surface area contributed by atoms with Gasteiger partial charge in [0.2, 0.25) is 12.3 Å². The SMILES string of the molecule is CC(C)(C)N(C=O)C1=C2CC[C@H]3[C@@H]4CC[C@H](C(N)=O)[C@@]4(C)CC[C@@H]3[C@@]2(C)CCC1=O. The molecule has 2 amide bonds. The first-order valence-electron chi connectivity index (χ1n) is 11.8. The van der Waals surface area contributed by atoms with Gasteiger partial charge in [0.15, 0.2) is 5.78 Å². The van der Waals surface area contributed by atoms with Gasteiger partial charge in [-0.05, 0) is 99.9 Å². The highest BCUT2D eigenvalue weighted by Crippen LogP contribution is 2.67. The van der Waals surface area contributed by atoms with E-state index < -0.39 is 5.54 Å². The number of primary amides is 1. The van der Waals surface area contributed by atoms with E-state index in [1.165, 1.54) is 5.57 Å². The zero-order chi connectivity index (χ0) is 22.1. The van der Waals surface area contributed by atoms with Crippen molar-refractivity contribution in [1.82, 2.24) is 4.90 Å². The zero-order valence-corrected chi connectivity index (χ0v) is 19.3. The first-order valence-corrected chi connectivity index (χ1v) is 11.8. The number of ketones is 1. The summed E-state index contributed by atoms with van der Waals surface area (Å²) in [6, 6.07) is 0. The van der Waals surface area contributed by atoms with Gasteiger partial charge in [-0.15, -0.1) is 0 Å². The Balaban J connectivity index is 1.74. The molecule has 0 heterocycles. The number of amides is 2. The van der Waals surface area contributed by atoms with E-state index in [-0.39, 0.29) is 28.4 Å². The summed E-state index contributed by atoms with van der Waals surface area (Å²) in [6.07, 6.45) is 8.32. The fourth-order valence-corrected chi connectivity index (χ4v) is 7.98. The highest BCUT2D eigenvalue weighted by molar-refractivity contribution is 5.98. The van der Waals surface area contributed by atoms with Crippen molar-refractivity contribution in [2.75, 3.05) is 0 Å². The molecule has 4 aliphatic carbocycles. The molecule has 3 saturated carbocycles. The smallest absolute Gasteiger partial charge is 0.221 e. The Bertz CT molecular complexity index is 810. The third kappa shape index (κ3) is 2.90. The monoisotopic (exact) mass is 414 g/mol. The Labute approximate surface area is 180 Å². The number of nitrogens with two attached hydrogens (primary N) is 1. The highest BCUT2D eigenvalue weighted by Gasteiger charge is 2.60. The van der Waals surface area contributed by atoms with Gasteiger partial charge < -0.3 is 10.6 Å². The normalized spacial score (nSPS) is 41.0. The molecule has 5 nitrogen and oxygen atoms in total. The molecule has 0 bridgehead atoms. The molecule has 0 aromatic carbocycles. The molecule has 0 aromatic rings. The van der Waals surface area contributed by atoms with Gasteiger partial charge in [-0.1, -0.05) is 13.8 Å². The van der Waals surface area contributed by atoms with Crippen molar-refractivity contribution >= 4 is 18.1 Å². The number of Topliss-reactive ketones (excluding diaryl/α,β-unsaturated/α-hetero) is 1. The number of fused-ring (bicyclic) bond motifs is 5. The van der Waals surface area contributed by atoms with E-state index in [2.05, 4.69) is 13.8 Å². The second-order valence-electron chi connectivity index (χ2n) is 11.8. The van der Waals surface area contributed by atoms with Crippen molar-refractivity contribution in [3.8, 4) is 0 Å². The minimum absolute atomic E-state index is 0.00290. The maximum absolute atomic E-state index is 13.0. The molecule has 0 radical (unpaired) electrons. The summed E-state index contributed by atoms with van der Waals surface area (Å²) in [5.41, 5.74) is 7.26. The van der Waals surface area contributed by atoms with Crippen LogP contribution >= 0.6 is 0 Å². The van der Waals surface area contributed by atoms with Gasteiger partial charge in [0.05, 0.1) is 5.70 Å². The zero-order valence-electron chi connectivity index (χ0n) is 19.3. The third-order valence-electron chi connectivity index (χ3n) is 9.51. The number of rotatable bonds is 3. The first kappa shape index (κ1) is 21.6. The molecule has 0 unspecified atom stereocenters. The number of nitrogens with zero attached hydrogens (tertiary/aromatic N) is 1. The first-order chi connectivity index (χ1) is 13.9. The maximum Gasteiger partial charge on any atom is 0.221 e. The summed E-state index contributed by atoms with van der Waals surface area (Å²) in [5, 5.41) is 0. The molecule has 166 valence electrons. The second kappa shape index (κ2) is 6.93. The summed E-state index contributed by atoms with van der Waals surface area (Å²) in [4.78, 5) is 38.9. The van der Waals surface area contributed by atoms with E-state index in [4.69, 9.17) is 5.73 Å². The van der Waals surface area contributed by atoms with Crippen LogP contribution < -0.4 is 5.73 Å². The van der Waals surface area contributed by atoms with Crippen LogP contribution in [0.2, 0.25) is 0 Å². The molecule has 4 aliphatic rings. The number of carbonyl (C=O) groups is 3. The molecule has 0 saturated heterocycles. The van der Waals surface area contributed by atoms with Crippen LogP contribution in [-0.2, 0) is 14.4 Å². The Morgan fingerprint density at radius 3 is 2.37 bits per heavy atom. The molecule has 0 aromatic heterocycles. The summed E-state index contributed by atoms with van der Waals surface area (Å²) >= 11 is 0. The largest absolute Gasteiger partial charge is 0.369 e. The van der Waals surface area contributed by atoms with E-state index in [0.717, 1.165) is 51.4 Å². The van der Waals surface area contributed by atoms with Gasteiger partial charge in [-0.25, -0.2) is 0 Å². The standard InChI is InChI=1S/C25H38N2O3/c1-23(2,3)27(14-28)21-18-7-6-15-16-8-9-19(22(26)30)25(16,5)12-10-17(15)24(18,4)13-11-20(21)29/h14-17,19H,6-13H2,1-5H3,(H2,26,30)/t15-,16-,17-,19+,24+,25-/m0/s1. The predicted molar refractivity (Wildman–Crippen MR) is 116 cm³/mol. The Kier molecular flexibility index (Phi) is 4.98. The van der Waals surface area contributed by atoms with Crippen molar-refractivity contribution < 1.29 is 14.4 Å². The van der Waals surface area contributed by atoms with Crippen LogP contribution in [0.1, 0.15) is 86.0 Å². The molecule has 4 rings (SSSR count). The Morgan fingerprint density at radius 1 is 1.07 bits per heavy atom. The van der Waals surface area contributed by atoms with E-state index in [9.17, 15) is 14.4 Å². The molecule has 2 N–H and O–H groups in total. The topological polar surface area (TPSA) is 80.5 Å². The van der Waals surface area contributed by atoms with Gasteiger partial charge in [0.1, 0.15) is 0 Å². The molecule has 3 fully saturated rings. The highest BCUT2D eigenvalue weighted by atomic mass is 16.2. The van der Waals surface area contributed by atoms with Gasteiger partial charge in [-0.3, -0.25) is 14.4 Å². The van der Waals surface area contributed by atoms with Crippen molar-refractivity contribution in [3.63, 3.8) is 0 Å².